The maximum Gasteiger partial charge on any atom is 0.220 e. The summed E-state index contributed by atoms with van der Waals surface area (Å²) in [4.78, 5) is 11.6. The van der Waals surface area contributed by atoms with Crippen LogP contribution in [0.15, 0.2) is 12.2 Å². The van der Waals surface area contributed by atoms with Crippen LogP contribution in [0.4, 0.5) is 0 Å². The lowest BCUT2D eigenvalue weighted by molar-refractivity contribution is -0.122. The Morgan fingerprint density at radius 3 is 1.67 bits per heavy atom. The molecule has 2 unspecified atom stereocenters. The van der Waals surface area contributed by atoms with E-state index in [0.29, 0.717) is 6.42 Å². The van der Waals surface area contributed by atoms with Gasteiger partial charge in [0.25, 0.3) is 0 Å². The molecule has 3 N–H and O–H groups in total. The predicted molar refractivity (Wildman–Crippen MR) is 129 cm³/mol. The fraction of sp³-hybridized carbons (Fsp3) is 0.885. The Bertz CT molecular complexity index is 398. The molecular weight excluding hydrogens is 374 g/mol. The number of hydrogen-bond acceptors (Lipinski definition) is 3. The van der Waals surface area contributed by atoms with Gasteiger partial charge < -0.3 is 15.5 Å². The Labute approximate surface area is 186 Å². The first kappa shape index (κ1) is 29.1. The largest absolute Gasteiger partial charge is 0.394 e. The van der Waals surface area contributed by atoms with Crippen LogP contribution in [-0.2, 0) is 4.79 Å². The summed E-state index contributed by atoms with van der Waals surface area (Å²) in [7, 11) is 0. The van der Waals surface area contributed by atoms with Crippen LogP contribution >= 0.6 is 0 Å². The van der Waals surface area contributed by atoms with E-state index in [1.165, 1.54) is 89.9 Å². The van der Waals surface area contributed by atoms with Crippen LogP contribution in [0.25, 0.3) is 0 Å². The number of unbranched alkanes of at least 4 members (excludes halogenated alkanes) is 15. The van der Waals surface area contributed by atoms with Gasteiger partial charge in [-0.2, -0.15) is 0 Å². The molecule has 0 saturated heterocycles. The van der Waals surface area contributed by atoms with E-state index < -0.39 is 12.1 Å². The quantitative estimate of drug-likeness (QED) is 0.138. The number of aliphatic hydroxyl groups is 2. The number of rotatable bonds is 22. The zero-order valence-corrected chi connectivity index (χ0v) is 20.0. The topological polar surface area (TPSA) is 69.6 Å². The van der Waals surface area contributed by atoms with E-state index in [9.17, 15) is 15.0 Å². The smallest absolute Gasteiger partial charge is 0.220 e. The van der Waals surface area contributed by atoms with Crippen molar-refractivity contribution in [3.63, 3.8) is 0 Å². The van der Waals surface area contributed by atoms with Crippen molar-refractivity contribution < 1.29 is 15.0 Å². The van der Waals surface area contributed by atoms with Crippen LogP contribution in [0.1, 0.15) is 129 Å². The Kier molecular flexibility index (Phi) is 22.1. The monoisotopic (exact) mass is 425 g/mol. The molecule has 0 bridgehead atoms. The van der Waals surface area contributed by atoms with Gasteiger partial charge in [0.1, 0.15) is 0 Å². The molecular formula is C26H51NO3. The summed E-state index contributed by atoms with van der Waals surface area (Å²) in [5.74, 6) is -0.119. The molecule has 1 amide bonds. The minimum absolute atomic E-state index is 0.119. The third-order valence-corrected chi connectivity index (χ3v) is 5.74. The van der Waals surface area contributed by atoms with Gasteiger partial charge in [-0.15, -0.1) is 0 Å². The van der Waals surface area contributed by atoms with Crippen LogP contribution in [0.3, 0.4) is 0 Å². The Morgan fingerprint density at radius 2 is 1.23 bits per heavy atom. The van der Waals surface area contributed by atoms with Gasteiger partial charge in [0, 0.05) is 6.42 Å². The van der Waals surface area contributed by atoms with E-state index in [1.54, 1.807) is 6.08 Å². The predicted octanol–water partition coefficient (Wildman–Crippen LogP) is 6.44. The van der Waals surface area contributed by atoms with Crippen molar-refractivity contribution in [3.8, 4) is 0 Å². The molecule has 4 heteroatoms. The molecule has 0 heterocycles. The lowest BCUT2D eigenvalue weighted by Gasteiger charge is -2.19. The van der Waals surface area contributed by atoms with Crippen molar-refractivity contribution in [2.45, 2.75) is 142 Å². The number of carbonyl (C=O) groups is 1. The molecule has 0 aliphatic rings. The number of hydrogen-bond donors (Lipinski definition) is 3. The number of nitrogens with one attached hydrogen (secondary N) is 1. The van der Waals surface area contributed by atoms with Crippen LogP contribution in [0.2, 0.25) is 0 Å². The number of allylic oxidation sites excluding steroid dienone is 1. The maximum atomic E-state index is 11.6. The SMILES string of the molecule is CCCCCCCCCCCCCCCCC/C=C/C(O)C(CO)NC(=O)CCC. The Morgan fingerprint density at radius 1 is 0.767 bits per heavy atom. The average Bonchev–Trinajstić information content (AvgIpc) is 2.74. The van der Waals surface area contributed by atoms with Gasteiger partial charge in [-0.05, 0) is 19.3 Å². The van der Waals surface area contributed by atoms with E-state index in [1.807, 2.05) is 13.0 Å². The molecule has 0 aromatic carbocycles. The van der Waals surface area contributed by atoms with Gasteiger partial charge in [0.15, 0.2) is 0 Å². The summed E-state index contributed by atoms with van der Waals surface area (Å²) < 4.78 is 0. The van der Waals surface area contributed by atoms with Gasteiger partial charge >= 0.3 is 0 Å². The highest BCUT2D eigenvalue weighted by Crippen LogP contribution is 2.13. The molecule has 2 atom stereocenters. The highest BCUT2D eigenvalue weighted by atomic mass is 16.3. The lowest BCUT2D eigenvalue weighted by Crippen LogP contribution is -2.45. The summed E-state index contributed by atoms with van der Waals surface area (Å²) in [6.45, 7) is 3.96. The number of carbonyl (C=O) groups excluding carboxylic acids is 1. The second kappa shape index (κ2) is 22.8. The summed E-state index contributed by atoms with van der Waals surface area (Å²) in [6.07, 6.45) is 25.4. The molecule has 0 aliphatic carbocycles. The molecule has 30 heavy (non-hydrogen) atoms. The molecule has 0 aromatic heterocycles. The second-order valence-corrected chi connectivity index (χ2v) is 8.76. The van der Waals surface area contributed by atoms with Crippen LogP contribution in [0.5, 0.6) is 0 Å². The standard InChI is InChI=1S/C26H51NO3/c1-3-5-6-7-8-9-10-11-12-13-14-15-16-17-18-19-20-22-25(29)24(23-28)27-26(30)21-4-2/h20,22,24-25,28-29H,3-19,21,23H2,1-2H3,(H,27,30)/b22-20+. The zero-order valence-electron chi connectivity index (χ0n) is 20.0. The van der Waals surface area contributed by atoms with Gasteiger partial charge in [-0.1, -0.05) is 116 Å². The molecule has 178 valence electrons. The van der Waals surface area contributed by atoms with Crippen molar-refractivity contribution in [1.29, 1.82) is 0 Å². The molecule has 0 aliphatic heterocycles. The molecule has 4 nitrogen and oxygen atoms in total. The molecule has 0 rings (SSSR count). The number of amides is 1. The van der Waals surface area contributed by atoms with Crippen molar-refractivity contribution in [3.05, 3.63) is 12.2 Å². The van der Waals surface area contributed by atoms with Gasteiger partial charge in [0.05, 0.1) is 18.8 Å². The normalized spacial score (nSPS) is 13.6. The van der Waals surface area contributed by atoms with E-state index in [4.69, 9.17) is 0 Å². The molecule has 0 spiro atoms. The van der Waals surface area contributed by atoms with Crippen molar-refractivity contribution in [1.82, 2.24) is 5.32 Å². The fourth-order valence-electron chi connectivity index (χ4n) is 3.75. The third-order valence-electron chi connectivity index (χ3n) is 5.74. The third kappa shape index (κ3) is 19.1. The summed E-state index contributed by atoms with van der Waals surface area (Å²) in [5, 5.41) is 22.1. The Hall–Kier alpha value is -0.870. The highest BCUT2D eigenvalue weighted by molar-refractivity contribution is 5.76. The van der Waals surface area contributed by atoms with Crippen LogP contribution in [-0.4, -0.2) is 34.9 Å². The Balaban J connectivity index is 3.46. The lowest BCUT2D eigenvalue weighted by atomic mass is 10.0. The first-order valence-electron chi connectivity index (χ1n) is 12.9. The zero-order chi connectivity index (χ0) is 22.3. The maximum absolute atomic E-state index is 11.6. The van der Waals surface area contributed by atoms with Gasteiger partial charge in [0.2, 0.25) is 5.91 Å². The van der Waals surface area contributed by atoms with Crippen molar-refractivity contribution in [2.75, 3.05) is 6.61 Å². The van der Waals surface area contributed by atoms with E-state index >= 15 is 0 Å². The second-order valence-electron chi connectivity index (χ2n) is 8.76. The summed E-state index contributed by atoms with van der Waals surface area (Å²) >= 11 is 0. The number of aliphatic hydroxyl groups excluding tert-OH is 2. The molecule has 0 radical (unpaired) electrons. The van der Waals surface area contributed by atoms with E-state index in [0.717, 1.165) is 19.3 Å². The van der Waals surface area contributed by atoms with Gasteiger partial charge in [-0.3, -0.25) is 4.79 Å². The van der Waals surface area contributed by atoms with Crippen LogP contribution in [0, 0.1) is 0 Å². The van der Waals surface area contributed by atoms with E-state index in [-0.39, 0.29) is 12.5 Å². The minimum Gasteiger partial charge on any atom is -0.394 e. The fourth-order valence-corrected chi connectivity index (χ4v) is 3.75. The average molecular weight is 426 g/mol. The molecule has 0 fully saturated rings. The first-order chi connectivity index (χ1) is 14.7. The summed E-state index contributed by atoms with van der Waals surface area (Å²) in [5.41, 5.74) is 0. The van der Waals surface area contributed by atoms with Crippen molar-refractivity contribution >= 4 is 5.91 Å². The minimum atomic E-state index is -0.827. The van der Waals surface area contributed by atoms with Gasteiger partial charge in [-0.25, -0.2) is 0 Å². The first-order valence-corrected chi connectivity index (χ1v) is 12.9. The van der Waals surface area contributed by atoms with E-state index in [2.05, 4.69) is 12.2 Å². The van der Waals surface area contributed by atoms with Crippen molar-refractivity contribution in [2.24, 2.45) is 0 Å². The molecule has 0 aromatic rings. The summed E-state index contributed by atoms with van der Waals surface area (Å²) in [6, 6.07) is -0.610. The molecule has 0 saturated carbocycles. The van der Waals surface area contributed by atoms with Crippen LogP contribution < -0.4 is 5.32 Å². The highest BCUT2D eigenvalue weighted by Gasteiger charge is 2.17.